The molecule has 0 heterocycles. The van der Waals surface area contributed by atoms with Crippen molar-refractivity contribution in [2.45, 2.75) is 6.42 Å². The second-order valence-corrected chi connectivity index (χ2v) is 3.03. The van der Waals surface area contributed by atoms with Gasteiger partial charge in [0.25, 0.3) is 0 Å². The van der Waals surface area contributed by atoms with Crippen LogP contribution in [0, 0.1) is 5.82 Å². The molecule has 0 spiro atoms. The van der Waals surface area contributed by atoms with Gasteiger partial charge in [0.2, 0.25) is 0 Å². The molecule has 0 aliphatic rings. The lowest BCUT2D eigenvalue weighted by Crippen LogP contribution is -2.07. The molecule has 0 aromatic heterocycles. The average Bonchev–Trinajstić information content (AvgIpc) is 2.31. The van der Waals surface area contributed by atoms with E-state index in [2.05, 4.69) is 4.74 Å². The fourth-order valence-corrected chi connectivity index (χ4v) is 1.29. The van der Waals surface area contributed by atoms with E-state index in [4.69, 9.17) is 9.47 Å². The van der Waals surface area contributed by atoms with Crippen molar-refractivity contribution in [3.05, 3.63) is 23.5 Å². The average molecular weight is 228 g/mol. The second kappa shape index (κ2) is 5.34. The minimum Gasteiger partial charge on any atom is -0.493 e. The van der Waals surface area contributed by atoms with Crippen LogP contribution in [-0.2, 0) is 16.0 Å². The van der Waals surface area contributed by atoms with Gasteiger partial charge in [-0.1, -0.05) is 6.07 Å². The Morgan fingerprint density at radius 2 is 1.94 bits per heavy atom. The third-order valence-corrected chi connectivity index (χ3v) is 2.13. The zero-order valence-corrected chi connectivity index (χ0v) is 9.37. The van der Waals surface area contributed by atoms with Crippen molar-refractivity contribution in [1.29, 1.82) is 0 Å². The summed E-state index contributed by atoms with van der Waals surface area (Å²) in [6, 6.07) is 3.01. The minimum absolute atomic E-state index is 0.0103. The molecule has 0 radical (unpaired) electrons. The summed E-state index contributed by atoms with van der Waals surface area (Å²) in [6.45, 7) is 0. The molecular weight excluding hydrogens is 215 g/mol. The van der Waals surface area contributed by atoms with Crippen molar-refractivity contribution in [3.8, 4) is 11.5 Å². The van der Waals surface area contributed by atoms with Gasteiger partial charge in [0.15, 0.2) is 17.3 Å². The molecule has 0 amide bonds. The third kappa shape index (κ3) is 2.42. The Bertz CT molecular complexity index is 390. The SMILES string of the molecule is COC(=O)Cc1ccc(OC)c(OC)c1F. The molecule has 1 rings (SSSR count). The predicted octanol–water partition coefficient (Wildman–Crippen LogP) is 1.56. The molecule has 0 atom stereocenters. The fraction of sp³-hybridized carbons (Fsp3) is 0.364. The van der Waals surface area contributed by atoms with E-state index in [1.54, 1.807) is 6.07 Å². The first-order chi connectivity index (χ1) is 7.63. The number of carbonyl (C=O) groups excluding carboxylic acids is 1. The summed E-state index contributed by atoms with van der Waals surface area (Å²) in [7, 11) is 4.00. The summed E-state index contributed by atoms with van der Waals surface area (Å²) in [5.74, 6) is -0.837. The van der Waals surface area contributed by atoms with Gasteiger partial charge in [-0.25, -0.2) is 4.39 Å². The molecule has 88 valence electrons. The standard InChI is InChI=1S/C11H13FO4/c1-14-8-5-4-7(6-9(13)15-2)10(12)11(8)16-3/h4-5H,6H2,1-3H3. The van der Waals surface area contributed by atoms with E-state index in [0.717, 1.165) is 0 Å². The van der Waals surface area contributed by atoms with Gasteiger partial charge in [0.1, 0.15) is 0 Å². The molecule has 0 aliphatic heterocycles. The molecule has 0 saturated carbocycles. The van der Waals surface area contributed by atoms with Crippen LogP contribution in [0.5, 0.6) is 11.5 Å². The Kier molecular flexibility index (Phi) is 4.10. The molecule has 0 N–H and O–H groups in total. The highest BCUT2D eigenvalue weighted by Gasteiger charge is 2.16. The lowest BCUT2D eigenvalue weighted by Gasteiger charge is -2.10. The maximum atomic E-state index is 13.8. The van der Waals surface area contributed by atoms with Gasteiger partial charge < -0.3 is 14.2 Å². The van der Waals surface area contributed by atoms with Crippen molar-refractivity contribution in [2.75, 3.05) is 21.3 Å². The first-order valence-corrected chi connectivity index (χ1v) is 4.60. The van der Waals surface area contributed by atoms with Crippen LogP contribution in [-0.4, -0.2) is 27.3 Å². The fourth-order valence-electron chi connectivity index (χ4n) is 1.29. The molecule has 0 saturated heterocycles. The summed E-state index contributed by atoms with van der Waals surface area (Å²) in [4.78, 5) is 11.0. The number of hydrogen-bond donors (Lipinski definition) is 0. The summed E-state index contributed by atoms with van der Waals surface area (Å²) in [5, 5.41) is 0. The summed E-state index contributed by atoms with van der Waals surface area (Å²) in [6.07, 6.45) is -0.136. The van der Waals surface area contributed by atoms with E-state index in [0.29, 0.717) is 0 Å². The van der Waals surface area contributed by atoms with E-state index in [1.165, 1.54) is 27.4 Å². The quantitative estimate of drug-likeness (QED) is 0.733. The largest absolute Gasteiger partial charge is 0.493 e. The van der Waals surface area contributed by atoms with Crippen LogP contribution in [0.15, 0.2) is 12.1 Å². The van der Waals surface area contributed by atoms with Gasteiger partial charge in [-0.05, 0) is 6.07 Å². The molecule has 1 aromatic carbocycles. The Labute approximate surface area is 92.9 Å². The molecule has 5 heteroatoms. The highest BCUT2D eigenvalue weighted by molar-refractivity contribution is 5.72. The van der Waals surface area contributed by atoms with Crippen molar-refractivity contribution >= 4 is 5.97 Å². The van der Waals surface area contributed by atoms with Crippen LogP contribution in [0.1, 0.15) is 5.56 Å². The highest BCUT2D eigenvalue weighted by atomic mass is 19.1. The number of methoxy groups -OCH3 is 3. The van der Waals surface area contributed by atoms with Gasteiger partial charge in [-0.15, -0.1) is 0 Å². The lowest BCUT2D eigenvalue weighted by atomic mass is 10.1. The monoisotopic (exact) mass is 228 g/mol. The zero-order chi connectivity index (χ0) is 12.1. The normalized spacial score (nSPS) is 9.75. The van der Waals surface area contributed by atoms with Crippen molar-refractivity contribution in [2.24, 2.45) is 0 Å². The molecule has 0 fully saturated rings. The van der Waals surface area contributed by atoms with Crippen LogP contribution in [0.4, 0.5) is 4.39 Å². The maximum absolute atomic E-state index is 13.8. The summed E-state index contributed by atoms with van der Waals surface area (Å²) >= 11 is 0. The van der Waals surface area contributed by atoms with E-state index >= 15 is 0 Å². The van der Waals surface area contributed by atoms with E-state index < -0.39 is 11.8 Å². The van der Waals surface area contributed by atoms with E-state index in [9.17, 15) is 9.18 Å². The third-order valence-electron chi connectivity index (χ3n) is 2.13. The molecular formula is C11H13FO4. The van der Waals surface area contributed by atoms with Gasteiger partial charge in [0.05, 0.1) is 27.8 Å². The first-order valence-electron chi connectivity index (χ1n) is 4.60. The van der Waals surface area contributed by atoms with Crippen molar-refractivity contribution in [3.63, 3.8) is 0 Å². The van der Waals surface area contributed by atoms with Crippen LogP contribution in [0.25, 0.3) is 0 Å². The number of esters is 1. The second-order valence-electron chi connectivity index (χ2n) is 3.03. The zero-order valence-electron chi connectivity index (χ0n) is 9.37. The molecule has 4 nitrogen and oxygen atoms in total. The summed E-state index contributed by atoms with van der Waals surface area (Å²) < 4.78 is 28.1. The number of halogens is 1. The predicted molar refractivity (Wildman–Crippen MR) is 55.2 cm³/mol. The lowest BCUT2D eigenvalue weighted by molar-refractivity contribution is -0.139. The molecule has 0 bridgehead atoms. The molecule has 0 unspecified atom stereocenters. The van der Waals surface area contributed by atoms with Crippen LogP contribution in [0.2, 0.25) is 0 Å². The Morgan fingerprint density at radius 3 is 2.44 bits per heavy atom. The van der Waals surface area contributed by atoms with Gasteiger partial charge in [-0.2, -0.15) is 0 Å². The van der Waals surface area contributed by atoms with Gasteiger partial charge >= 0.3 is 5.97 Å². The van der Waals surface area contributed by atoms with E-state index in [1.807, 2.05) is 0 Å². The number of ether oxygens (including phenoxy) is 3. The van der Waals surface area contributed by atoms with Gasteiger partial charge in [-0.3, -0.25) is 4.79 Å². The summed E-state index contributed by atoms with van der Waals surface area (Å²) in [5.41, 5.74) is 0.213. The Morgan fingerprint density at radius 1 is 1.25 bits per heavy atom. The Balaban J connectivity index is 3.08. The van der Waals surface area contributed by atoms with E-state index in [-0.39, 0.29) is 23.5 Å². The van der Waals surface area contributed by atoms with Crippen LogP contribution < -0.4 is 9.47 Å². The van der Waals surface area contributed by atoms with Crippen LogP contribution in [0.3, 0.4) is 0 Å². The smallest absolute Gasteiger partial charge is 0.310 e. The molecule has 0 aliphatic carbocycles. The van der Waals surface area contributed by atoms with Crippen LogP contribution >= 0.6 is 0 Å². The highest BCUT2D eigenvalue weighted by Crippen LogP contribution is 2.32. The topological polar surface area (TPSA) is 44.8 Å². The Hall–Kier alpha value is -1.78. The maximum Gasteiger partial charge on any atom is 0.310 e. The minimum atomic E-state index is -0.604. The molecule has 1 aromatic rings. The first kappa shape index (κ1) is 12.3. The van der Waals surface area contributed by atoms with Gasteiger partial charge in [0, 0.05) is 5.56 Å². The number of carbonyl (C=O) groups is 1. The number of hydrogen-bond acceptors (Lipinski definition) is 4. The number of benzene rings is 1. The van der Waals surface area contributed by atoms with Crippen molar-refractivity contribution in [1.82, 2.24) is 0 Å². The molecule has 16 heavy (non-hydrogen) atoms. The number of rotatable bonds is 4. The van der Waals surface area contributed by atoms with Crippen molar-refractivity contribution < 1.29 is 23.4 Å².